The van der Waals surface area contributed by atoms with Crippen LogP contribution in [0.2, 0.25) is 0 Å². The van der Waals surface area contributed by atoms with Gasteiger partial charge in [0, 0.05) is 5.82 Å². The van der Waals surface area contributed by atoms with E-state index >= 15 is 0 Å². The molecule has 1 saturated heterocycles. The van der Waals surface area contributed by atoms with E-state index in [1.807, 2.05) is 27.7 Å². The van der Waals surface area contributed by atoms with Crippen LogP contribution < -0.4 is 4.74 Å². The van der Waals surface area contributed by atoms with Crippen molar-refractivity contribution in [1.29, 1.82) is 0 Å². The van der Waals surface area contributed by atoms with Gasteiger partial charge in [-0.1, -0.05) is 6.07 Å². The zero-order valence-electron chi connectivity index (χ0n) is 14.1. The number of rotatable bonds is 5. The van der Waals surface area contributed by atoms with E-state index in [-0.39, 0.29) is 12.2 Å². The second kappa shape index (κ2) is 6.05. The summed E-state index contributed by atoms with van der Waals surface area (Å²) in [6, 6.07) is 4.82. The summed E-state index contributed by atoms with van der Waals surface area (Å²) in [7, 11) is 0.751. The summed E-state index contributed by atoms with van der Waals surface area (Å²) in [5, 5.41) is 19.2. The maximum absolute atomic E-state index is 11.3. The quantitative estimate of drug-likeness (QED) is 0.811. The van der Waals surface area contributed by atoms with Crippen LogP contribution in [-0.2, 0) is 14.1 Å². The number of phenolic OH excluding ortho intramolecular Hbond substituents is 1. The van der Waals surface area contributed by atoms with Gasteiger partial charge in [-0.3, -0.25) is 4.79 Å². The molecular weight excluding hydrogens is 299 g/mol. The maximum atomic E-state index is 11.3. The number of aliphatic carboxylic acids is 1. The van der Waals surface area contributed by atoms with Crippen molar-refractivity contribution in [3.63, 3.8) is 0 Å². The van der Waals surface area contributed by atoms with Gasteiger partial charge in [0.25, 0.3) is 0 Å². The van der Waals surface area contributed by atoms with Crippen LogP contribution in [0.4, 0.5) is 0 Å². The number of carbonyl (C=O) groups is 1. The normalized spacial score (nSPS) is 20.3. The fraction of sp³-hybridized carbons (Fsp3) is 0.562. The molecule has 6 nitrogen and oxygen atoms in total. The zero-order chi connectivity index (χ0) is 17.4. The number of hydrogen-bond donors (Lipinski definition) is 2. The Kier molecular flexibility index (Phi) is 4.64. The summed E-state index contributed by atoms with van der Waals surface area (Å²) in [5.74, 6) is -1.21. The highest BCUT2D eigenvalue weighted by Gasteiger charge is 2.54. The third kappa shape index (κ3) is 3.45. The molecule has 23 heavy (non-hydrogen) atoms. The van der Waals surface area contributed by atoms with Crippen molar-refractivity contribution in [3.8, 4) is 11.5 Å². The maximum Gasteiger partial charge on any atom is 0.466 e. The molecule has 2 N–H and O–H groups in total. The third-order valence-electron chi connectivity index (χ3n) is 4.63. The summed E-state index contributed by atoms with van der Waals surface area (Å²) < 4.78 is 17.0. The van der Waals surface area contributed by atoms with E-state index < -0.39 is 30.1 Å². The van der Waals surface area contributed by atoms with Gasteiger partial charge in [0.15, 0.2) is 11.5 Å². The van der Waals surface area contributed by atoms with Crippen molar-refractivity contribution >= 4 is 13.1 Å². The molecule has 1 aliphatic rings. The van der Waals surface area contributed by atoms with Crippen LogP contribution in [0.1, 0.15) is 45.5 Å². The highest BCUT2D eigenvalue weighted by Crippen LogP contribution is 2.42. The monoisotopic (exact) mass is 322 g/mol. The van der Waals surface area contributed by atoms with Crippen LogP contribution >= 0.6 is 0 Å². The molecule has 0 saturated carbocycles. The lowest BCUT2D eigenvalue weighted by atomic mass is 9.66. The minimum Gasteiger partial charge on any atom is -0.504 e. The van der Waals surface area contributed by atoms with E-state index in [0.29, 0.717) is 11.3 Å². The Balaban J connectivity index is 2.35. The van der Waals surface area contributed by atoms with Gasteiger partial charge in [0.1, 0.15) is 0 Å². The standard InChI is InChI=1S/C16H23BO6/c1-15(2)16(3,4)23-17(22-15)11(9-14(19)20)10-6-7-13(21-5)12(18)8-10/h6-8,11,18H,9H2,1-5H3,(H,19,20). The first-order valence-electron chi connectivity index (χ1n) is 7.52. The largest absolute Gasteiger partial charge is 0.504 e. The summed E-state index contributed by atoms with van der Waals surface area (Å²) in [6.45, 7) is 7.65. The van der Waals surface area contributed by atoms with E-state index in [9.17, 15) is 15.0 Å². The second-order valence-corrected chi connectivity index (χ2v) is 6.76. The van der Waals surface area contributed by atoms with Crippen molar-refractivity contribution < 1.29 is 29.1 Å². The predicted octanol–water partition coefficient (Wildman–Crippen LogP) is 2.59. The first-order valence-corrected chi connectivity index (χ1v) is 7.52. The van der Waals surface area contributed by atoms with Crippen LogP contribution in [0.15, 0.2) is 18.2 Å². The van der Waals surface area contributed by atoms with Crippen LogP contribution in [0.5, 0.6) is 11.5 Å². The van der Waals surface area contributed by atoms with Gasteiger partial charge < -0.3 is 24.3 Å². The van der Waals surface area contributed by atoms with Crippen LogP contribution in [0.3, 0.4) is 0 Å². The molecule has 0 aromatic heterocycles. The number of benzene rings is 1. The number of methoxy groups -OCH3 is 1. The van der Waals surface area contributed by atoms with E-state index in [1.165, 1.54) is 13.2 Å². The Hall–Kier alpha value is -1.73. The lowest BCUT2D eigenvalue weighted by molar-refractivity contribution is -0.137. The van der Waals surface area contributed by atoms with Gasteiger partial charge in [0.2, 0.25) is 0 Å². The highest BCUT2D eigenvalue weighted by molar-refractivity contribution is 6.48. The van der Waals surface area contributed by atoms with Crippen molar-refractivity contribution in [2.75, 3.05) is 7.11 Å². The highest BCUT2D eigenvalue weighted by atomic mass is 16.7. The SMILES string of the molecule is COc1ccc(C(CC(=O)O)B2OC(C)(C)C(C)(C)O2)cc1O. The number of phenols is 1. The molecule has 1 fully saturated rings. The van der Waals surface area contributed by atoms with E-state index in [0.717, 1.165) is 0 Å². The van der Waals surface area contributed by atoms with Crippen molar-refractivity contribution in [2.45, 2.75) is 51.1 Å². The summed E-state index contributed by atoms with van der Waals surface area (Å²) in [6.07, 6.45) is -0.164. The van der Waals surface area contributed by atoms with Gasteiger partial charge in [-0.15, -0.1) is 0 Å². The first-order chi connectivity index (χ1) is 10.6. The fourth-order valence-electron chi connectivity index (χ4n) is 2.55. The Labute approximate surface area is 136 Å². The van der Waals surface area contributed by atoms with E-state index in [4.69, 9.17) is 14.0 Å². The summed E-state index contributed by atoms with van der Waals surface area (Å²) in [5.41, 5.74) is -0.476. The van der Waals surface area contributed by atoms with E-state index in [1.54, 1.807) is 12.1 Å². The molecule has 0 radical (unpaired) electrons. The number of carboxylic acid groups (broad SMARTS) is 1. The average Bonchev–Trinajstić information content (AvgIpc) is 2.64. The Bertz CT molecular complexity index is 582. The van der Waals surface area contributed by atoms with Gasteiger partial charge in [-0.25, -0.2) is 0 Å². The Morgan fingerprint density at radius 1 is 1.26 bits per heavy atom. The van der Waals surface area contributed by atoms with Crippen molar-refractivity contribution in [2.24, 2.45) is 0 Å². The van der Waals surface area contributed by atoms with Gasteiger partial charge >= 0.3 is 13.1 Å². The topological polar surface area (TPSA) is 85.2 Å². The Morgan fingerprint density at radius 3 is 2.26 bits per heavy atom. The number of carboxylic acids is 1. The molecule has 0 bridgehead atoms. The van der Waals surface area contributed by atoms with E-state index in [2.05, 4.69) is 0 Å². The molecule has 0 amide bonds. The van der Waals surface area contributed by atoms with Crippen molar-refractivity contribution in [3.05, 3.63) is 23.8 Å². The van der Waals surface area contributed by atoms with Gasteiger partial charge in [0.05, 0.1) is 24.7 Å². The first kappa shape index (κ1) is 17.6. The molecule has 1 atom stereocenters. The molecule has 7 heteroatoms. The average molecular weight is 322 g/mol. The molecule has 1 heterocycles. The molecule has 1 aliphatic heterocycles. The molecular formula is C16H23BO6. The fourth-order valence-corrected chi connectivity index (χ4v) is 2.55. The van der Waals surface area contributed by atoms with Crippen LogP contribution in [0.25, 0.3) is 0 Å². The number of ether oxygens (including phenoxy) is 1. The molecule has 0 spiro atoms. The minimum atomic E-state index is -0.958. The Morgan fingerprint density at radius 2 is 1.83 bits per heavy atom. The summed E-state index contributed by atoms with van der Waals surface area (Å²) >= 11 is 0. The zero-order valence-corrected chi connectivity index (χ0v) is 14.1. The van der Waals surface area contributed by atoms with Gasteiger partial charge in [-0.05, 0) is 45.4 Å². The van der Waals surface area contributed by atoms with Crippen LogP contribution in [-0.4, -0.2) is 41.6 Å². The van der Waals surface area contributed by atoms with Crippen molar-refractivity contribution in [1.82, 2.24) is 0 Å². The third-order valence-corrected chi connectivity index (χ3v) is 4.63. The number of aromatic hydroxyl groups is 1. The second-order valence-electron chi connectivity index (χ2n) is 6.76. The summed E-state index contributed by atoms with van der Waals surface area (Å²) in [4.78, 5) is 11.3. The molecule has 0 aliphatic carbocycles. The molecule has 126 valence electrons. The van der Waals surface area contributed by atoms with Gasteiger partial charge in [-0.2, -0.15) is 0 Å². The molecule has 1 aromatic carbocycles. The molecule has 1 aromatic rings. The minimum absolute atomic E-state index is 0.0445. The molecule has 2 rings (SSSR count). The predicted molar refractivity (Wildman–Crippen MR) is 85.7 cm³/mol. The van der Waals surface area contributed by atoms with Crippen LogP contribution in [0, 0.1) is 0 Å². The lowest BCUT2D eigenvalue weighted by Gasteiger charge is -2.32. The lowest BCUT2D eigenvalue weighted by Crippen LogP contribution is -2.41. The smallest absolute Gasteiger partial charge is 0.466 e. The number of hydrogen-bond acceptors (Lipinski definition) is 5. The molecule has 1 unspecified atom stereocenters.